The number of amides is 1. The number of anilines is 1. The summed E-state index contributed by atoms with van der Waals surface area (Å²) in [6.45, 7) is 3.64. The van der Waals surface area contributed by atoms with Crippen molar-refractivity contribution in [1.82, 2.24) is 14.7 Å². The van der Waals surface area contributed by atoms with E-state index in [9.17, 15) is 24.1 Å². The third-order valence-corrected chi connectivity index (χ3v) is 7.52. The van der Waals surface area contributed by atoms with Crippen molar-refractivity contribution in [2.24, 2.45) is 0 Å². The topological polar surface area (TPSA) is 102 Å². The van der Waals surface area contributed by atoms with E-state index in [4.69, 9.17) is 0 Å². The van der Waals surface area contributed by atoms with Gasteiger partial charge in [0.1, 0.15) is 11.5 Å². The lowest BCUT2D eigenvalue weighted by Crippen LogP contribution is -2.48. The predicted molar refractivity (Wildman–Crippen MR) is 159 cm³/mol. The highest BCUT2D eigenvalue weighted by atomic mass is 19.1. The Morgan fingerprint density at radius 1 is 0.881 bits per heavy atom. The lowest BCUT2D eigenvalue weighted by atomic mass is 10.0. The molecule has 5 aromatic rings. The number of nitro benzene ring substituents is 1. The first-order valence-electron chi connectivity index (χ1n) is 13.5. The zero-order valence-corrected chi connectivity index (χ0v) is 22.7. The third-order valence-electron chi connectivity index (χ3n) is 7.52. The molecule has 1 aromatic heterocycles. The largest absolute Gasteiger partial charge is 0.368 e. The molecule has 0 saturated carbocycles. The summed E-state index contributed by atoms with van der Waals surface area (Å²) >= 11 is 0. The molecule has 1 aliphatic heterocycles. The first kappa shape index (κ1) is 26.8. The molecule has 10 heteroatoms. The van der Waals surface area contributed by atoms with Gasteiger partial charge >= 0.3 is 0 Å². The molecule has 0 radical (unpaired) electrons. The molecule has 2 heterocycles. The number of nitrogens with zero attached hydrogens (tertiary/aromatic N) is 5. The van der Waals surface area contributed by atoms with Gasteiger partial charge in [0.25, 0.3) is 17.2 Å². The lowest BCUT2D eigenvalue weighted by Gasteiger charge is -2.36. The van der Waals surface area contributed by atoms with Crippen LogP contribution in [0.25, 0.3) is 27.7 Å². The first-order valence-corrected chi connectivity index (χ1v) is 13.5. The van der Waals surface area contributed by atoms with Crippen LogP contribution in [-0.2, 0) is 0 Å². The Balaban J connectivity index is 1.38. The molecule has 1 amide bonds. The Labute approximate surface area is 240 Å². The smallest absolute Gasteiger partial charge is 0.295 e. The second-order valence-corrected chi connectivity index (χ2v) is 10.2. The molecule has 0 atom stereocenters. The summed E-state index contributed by atoms with van der Waals surface area (Å²) in [5, 5.41) is 17.8. The minimum Gasteiger partial charge on any atom is -0.368 e. The molecule has 42 heavy (non-hydrogen) atoms. The summed E-state index contributed by atoms with van der Waals surface area (Å²) in [5.74, 6) is -0.727. The number of halogens is 1. The standard InChI is InChI=1S/C32H26FN5O4/c1-21-9-11-22(12-10-21)30-26-7-2-3-8-27(26)32(40)37(34-30)29-20-25(13-14-28(29)38(41)42)35-15-17-36(18-16-35)31(39)23-5-4-6-24(33)19-23/h2-14,19-20H,15-18H2,1H3. The van der Waals surface area contributed by atoms with Crippen molar-refractivity contribution in [2.45, 2.75) is 6.92 Å². The van der Waals surface area contributed by atoms with Crippen molar-refractivity contribution < 1.29 is 14.1 Å². The van der Waals surface area contributed by atoms with Crippen LogP contribution in [0.3, 0.4) is 0 Å². The summed E-state index contributed by atoms with van der Waals surface area (Å²) in [6, 6.07) is 25.0. The molecule has 4 aromatic carbocycles. The molecule has 1 fully saturated rings. The van der Waals surface area contributed by atoms with Crippen molar-refractivity contribution in [1.29, 1.82) is 0 Å². The zero-order valence-electron chi connectivity index (χ0n) is 22.7. The summed E-state index contributed by atoms with van der Waals surface area (Å²) in [5.41, 5.74) is 2.67. The highest BCUT2D eigenvalue weighted by molar-refractivity contribution is 5.95. The van der Waals surface area contributed by atoms with Gasteiger partial charge in [0.15, 0.2) is 0 Å². The molecular formula is C32H26FN5O4. The Morgan fingerprint density at radius 2 is 1.60 bits per heavy atom. The van der Waals surface area contributed by atoms with Crippen molar-refractivity contribution in [3.8, 4) is 16.9 Å². The van der Waals surface area contributed by atoms with E-state index in [-0.39, 0.29) is 22.8 Å². The van der Waals surface area contributed by atoms with Gasteiger partial charge < -0.3 is 9.80 Å². The van der Waals surface area contributed by atoms with Gasteiger partial charge in [-0.05, 0) is 43.3 Å². The normalized spacial score (nSPS) is 13.4. The summed E-state index contributed by atoms with van der Waals surface area (Å²) < 4.78 is 14.8. The van der Waals surface area contributed by atoms with Crippen LogP contribution < -0.4 is 10.5 Å². The van der Waals surface area contributed by atoms with E-state index in [2.05, 4.69) is 5.10 Å². The minimum absolute atomic E-state index is 0.0554. The number of hydrogen-bond acceptors (Lipinski definition) is 6. The molecule has 6 rings (SSSR count). The van der Waals surface area contributed by atoms with Gasteiger partial charge in [-0.1, -0.05) is 54.1 Å². The average Bonchev–Trinajstić information content (AvgIpc) is 3.01. The van der Waals surface area contributed by atoms with Gasteiger partial charge in [0.05, 0.1) is 16.0 Å². The highest BCUT2D eigenvalue weighted by Crippen LogP contribution is 2.31. The molecule has 0 unspecified atom stereocenters. The SMILES string of the molecule is Cc1ccc(-c2nn(-c3cc(N4CCN(C(=O)c5cccc(F)c5)CC4)ccc3[N+](=O)[O-])c(=O)c3ccccc23)cc1. The fourth-order valence-corrected chi connectivity index (χ4v) is 5.28. The number of rotatable bonds is 5. The van der Waals surface area contributed by atoms with Gasteiger partial charge in [-0.2, -0.15) is 9.78 Å². The van der Waals surface area contributed by atoms with E-state index < -0.39 is 16.3 Å². The second-order valence-electron chi connectivity index (χ2n) is 10.2. The van der Waals surface area contributed by atoms with Crippen molar-refractivity contribution in [3.05, 3.63) is 128 Å². The number of carbonyl (C=O) groups excluding carboxylic acids is 1. The minimum atomic E-state index is -0.524. The number of nitro groups is 1. The molecule has 0 bridgehead atoms. The van der Waals surface area contributed by atoms with Gasteiger partial charge in [0.2, 0.25) is 0 Å². The number of benzene rings is 4. The van der Waals surface area contributed by atoms with Crippen LogP contribution in [0.4, 0.5) is 15.8 Å². The monoisotopic (exact) mass is 563 g/mol. The number of aryl methyl sites for hydroxylation is 1. The second kappa shape index (κ2) is 10.9. The lowest BCUT2D eigenvalue weighted by molar-refractivity contribution is -0.384. The third kappa shape index (κ3) is 4.98. The highest BCUT2D eigenvalue weighted by Gasteiger charge is 2.26. The first-order chi connectivity index (χ1) is 20.3. The number of piperazine rings is 1. The molecule has 1 saturated heterocycles. The van der Waals surface area contributed by atoms with E-state index >= 15 is 0 Å². The van der Waals surface area contributed by atoms with Crippen LogP contribution in [0.1, 0.15) is 15.9 Å². The van der Waals surface area contributed by atoms with Gasteiger partial charge in [-0.25, -0.2) is 4.39 Å². The van der Waals surface area contributed by atoms with Gasteiger partial charge in [-0.15, -0.1) is 0 Å². The summed E-state index contributed by atoms with van der Waals surface area (Å²) in [4.78, 5) is 41.8. The van der Waals surface area contributed by atoms with Gasteiger partial charge in [-0.3, -0.25) is 19.7 Å². The van der Waals surface area contributed by atoms with Crippen LogP contribution in [0.5, 0.6) is 0 Å². The van der Waals surface area contributed by atoms with Crippen LogP contribution in [0.2, 0.25) is 0 Å². The predicted octanol–water partition coefficient (Wildman–Crippen LogP) is 5.37. The Morgan fingerprint density at radius 3 is 2.29 bits per heavy atom. The fraction of sp³-hybridized carbons (Fsp3) is 0.156. The van der Waals surface area contributed by atoms with Crippen LogP contribution in [0, 0.1) is 22.9 Å². The maximum atomic E-state index is 13.7. The van der Waals surface area contributed by atoms with Crippen molar-refractivity contribution >= 4 is 28.1 Å². The number of carbonyl (C=O) groups is 1. The van der Waals surface area contributed by atoms with Gasteiger partial charge in [0, 0.05) is 54.4 Å². The Hall–Kier alpha value is -5.38. The zero-order chi connectivity index (χ0) is 29.4. The fourth-order valence-electron chi connectivity index (χ4n) is 5.28. The molecule has 0 aliphatic carbocycles. The Bertz CT molecular complexity index is 1900. The molecule has 210 valence electrons. The van der Waals surface area contributed by atoms with Crippen LogP contribution >= 0.6 is 0 Å². The molecule has 0 spiro atoms. The maximum Gasteiger partial charge on any atom is 0.295 e. The van der Waals surface area contributed by atoms with Crippen molar-refractivity contribution in [3.63, 3.8) is 0 Å². The molecule has 0 N–H and O–H groups in total. The number of fused-ring (bicyclic) bond motifs is 1. The summed E-state index contributed by atoms with van der Waals surface area (Å²) in [7, 11) is 0. The maximum absolute atomic E-state index is 13.7. The van der Waals surface area contributed by atoms with E-state index in [1.165, 1.54) is 24.3 Å². The van der Waals surface area contributed by atoms with E-state index in [1.54, 1.807) is 35.2 Å². The van der Waals surface area contributed by atoms with E-state index in [0.29, 0.717) is 48.3 Å². The van der Waals surface area contributed by atoms with E-state index in [1.807, 2.05) is 48.2 Å². The molecular weight excluding hydrogens is 537 g/mol. The van der Waals surface area contributed by atoms with Crippen LogP contribution in [0.15, 0.2) is 95.8 Å². The van der Waals surface area contributed by atoms with Crippen molar-refractivity contribution in [2.75, 3.05) is 31.1 Å². The van der Waals surface area contributed by atoms with Crippen LogP contribution in [-0.4, -0.2) is 51.7 Å². The molecule has 9 nitrogen and oxygen atoms in total. The molecule has 1 aliphatic rings. The average molecular weight is 564 g/mol. The summed E-state index contributed by atoms with van der Waals surface area (Å²) in [6.07, 6.45) is 0. The number of aromatic nitrogens is 2. The number of hydrogen-bond donors (Lipinski definition) is 0. The Kier molecular flexibility index (Phi) is 6.95. The van der Waals surface area contributed by atoms with E-state index in [0.717, 1.165) is 15.8 Å². The quantitative estimate of drug-likeness (QED) is 0.211.